The molecule has 2 fully saturated rings. The number of aryl methyl sites for hydroxylation is 1. The molecule has 146 valence electrons. The fraction of sp³-hybridized carbons (Fsp3) is 0.391. The van der Waals surface area contributed by atoms with Crippen molar-refractivity contribution < 1.29 is 19.4 Å². The predicted molar refractivity (Wildman–Crippen MR) is 106 cm³/mol. The maximum absolute atomic E-state index is 13.3. The molecular weight excluding hydrogens is 354 g/mol. The molecule has 2 bridgehead atoms. The van der Waals surface area contributed by atoms with E-state index in [1.807, 2.05) is 48.2 Å². The van der Waals surface area contributed by atoms with Gasteiger partial charge in [-0.1, -0.05) is 30.3 Å². The highest BCUT2D eigenvalue weighted by Gasteiger charge is 2.61. The number of carboxylic acid groups (broad SMARTS) is 1. The number of nitrogens with zero attached hydrogens (tertiary/aromatic N) is 1. The van der Waals surface area contributed by atoms with Gasteiger partial charge in [-0.25, -0.2) is 0 Å². The normalized spacial score (nSPS) is 25.7. The third-order valence-corrected chi connectivity index (χ3v) is 6.40. The van der Waals surface area contributed by atoms with Crippen LogP contribution in [0.5, 0.6) is 5.75 Å². The van der Waals surface area contributed by atoms with Crippen molar-refractivity contribution in [2.75, 3.05) is 7.11 Å². The number of methoxy groups -OCH3 is 1. The lowest BCUT2D eigenvalue weighted by atomic mass is 9.70. The average Bonchev–Trinajstić information content (AvgIpc) is 3.24. The van der Waals surface area contributed by atoms with Crippen LogP contribution in [0.4, 0.5) is 0 Å². The van der Waals surface area contributed by atoms with E-state index in [-0.39, 0.29) is 18.0 Å². The second kappa shape index (κ2) is 6.97. The average molecular weight is 379 g/mol. The van der Waals surface area contributed by atoms with Crippen molar-refractivity contribution in [2.45, 2.75) is 44.7 Å². The van der Waals surface area contributed by atoms with Gasteiger partial charge < -0.3 is 14.7 Å². The molecule has 5 heteroatoms. The number of hydrogen-bond acceptors (Lipinski definition) is 3. The van der Waals surface area contributed by atoms with Gasteiger partial charge in [-0.2, -0.15) is 0 Å². The summed E-state index contributed by atoms with van der Waals surface area (Å²) in [6, 6.07) is 14.8. The molecule has 1 amide bonds. The molecule has 3 atom stereocenters. The zero-order valence-corrected chi connectivity index (χ0v) is 16.2. The van der Waals surface area contributed by atoms with Crippen molar-refractivity contribution >= 4 is 11.9 Å². The predicted octanol–water partition coefficient (Wildman–Crippen LogP) is 3.69. The second-order valence-electron chi connectivity index (χ2n) is 7.97. The van der Waals surface area contributed by atoms with Crippen LogP contribution in [0.1, 0.15) is 40.7 Å². The van der Waals surface area contributed by atoms with Gasteiger partial charge in [0.25, 0.3) is 5.91 Å². The van der Waals surface area contributed by atoms with Crippen LogP contribution in [0.3, 0.4) is 0 Å². The summed E-state index contributed by atoms with van der Waals surface area (Å²) in [4.78, 5) is 27.6. The molecule has 0 aliphatic carbocycles. The number of carbonyl (C=O) groups is 2. The quantitative estimate of drug-likeness (QED) is 0.860. The number of hydrogen-bond donors (Lipinski definition) is 1. The van der Waals surface area contributed by atoms with E-state index in [0.29, 0.717) is 18.4 Å². The Bertz CT molecular complexity index is 910. The van der Waals surface area contributed by atoms with Crippen LogP contribution >= 0.6 is 0 Å². The number of rotatable bonds is 5. The number of benzene rings is 2. The SMILES string of the molecule is COc1ccc(C(=O)N2[C@H]3CC[C@@H]2[C@](Cc2ccccc2)(C(=O)O)C3)cc1C. The summed E-state index contributed by atoms with van der Waals surface area (Å²) in [6.07, 6.45) is 2.58. The molecule has 2 aliphatic rings. The van der Waals surface area contributed by atoms with Gasteiger partial charge in [0.05, 0.1) is 12.5 Å². The van der Waals surface area contributed by atoms with E-state index in [9.17, 15) is 14.7 Å². The maximum Gasteiger partial charge on any atom is 0.312 e. The highest BCUT2D eigenvalue weighted by Crippen LogP contribution is 2.52. The first-order valence-corrected chi connectivity index (χ1v) is 9.71. The Morgan fingerprint density at radius 3 is 2.57 bits per heavy atom. The third-order valence-electron chi connectivity index (χ3n) is 6.40. The summed E-state index contributed by atoms with van der Waals surface area (Å²) in [5.74, 6) is -0.133. The Kier molecular flexibility index (Phi) is 4.61. The minimum atomic E-state index is -0.915. The molecule has 2 aromatic carbocycles. The summed E-state index contributed by atoms with van der Waals surface area (Å²) in [6.45, 7) is 1.91. The Labute approximate surface area is 164 Å². The van der Waals surface area contributed by atoms with Crippen LogP contribution in [-0.4, -0.2) is 41.1 Å². The molecule has 4 rings (SSSR count). The molecule has 0 radical (unpaired) electrons. The maximum atomic E-state index is 13.3. The molecule has 2 aliphatic heterocycles. The topological polar surface area (TPSA) is 66.8 Å². The van der Waals surface area contributed by atoms with Crippen molar-refractivity contribution in [3.05, 3.63) is 65.2 Å². The van der Waals surface area contributed by atoms with Crippen LogP contribution in [0.15, 0.2) is 48.5 Å². The van der Waals surface area contributed by atoms with Crippen LogP contribution < -0.4 is 4.74 Å². The van der Waals surface area contributed by atoms with Gasteiger partial charge in [-0.05, 0) is 61.9 Å². The second-order valence-corrected chi connectivity index (χ2v) is 7.97. The van der Waals surface area contributed by atoms with E-state index in [1.54, 1.807) is 19.2 Å². The highest BCUT2D eigenvalue weighted by atomic mass is 16.5. The molecule has 2 aromatic rings. The van der Waals surface area contributed by atoms with Crippen LogP contribution in [0, 0.1) is 12.3 Å². The summed E-state index contributed by atoms with van der Waals surface area (Å²) in [5.41, 5.74) is 1.58. The number of fused-ring (bicyclic) bond motifs is 2. The lowest BCUT2D eigenvalue weighted by Gasteiger charge is -2.33. The molecule has 0 unspecified atom stereocenters. The summed E-state index contributed by atoms with van der Waals surface area (Å²) >= 11 is 0. The van der Waals surface area contributed by atoms with Crippen LogP contribution in [0.25, 0.3) is 0 Å². The van der Waals surface area contributed by atoms with Crippen LogP contribution in [-0.2, 0) is 11.2 Å². The zero-order chi connectivity index (χ0) is 19.9. The molecular formula is C23H25NO4. The first kappa shape index (κ1) is 18.5. The van der Waals surface area contributed by atoms with Crippen molar-refractivity contribution in [1.82, 2.24) is 4.90 Å². The minimum absolute atomic E-state index is 0.0141. The van der Waals surface area contributed by atoms with E-state index in [0.717, 1.165) is 29.7 Å². The van der Waals surface area contributed by atoms with Gasteiger partial charge in [0.15, 0.2) is 0 Å². The van der Waals surface area contributed by atoms with Crippen molar-refractivity contribution in [3.63, 3.8) is 0 Å². The fourth-order valence-electron chi connectivity index (χ4n) is 5.11. The van der Waals surface area contributed by atoms with Crippen molar-refractivity contribution in [1.29, 1.82) is 0 Å². The Morgan fingerprint density at radius 2 is 1.93 bits per heavy atom. The number of amides is 1. The Morgan fingerprint density at radius 1 is 1.18 bits per heavy atom. The molecule has 5 nitrogen and oxygen atoms in total. The van der Waals surface area contributed by atoms with Crippen LogP contribution in [0.2, 0.25) is 0 Å². The molecule has 0 saturated carbocycles. The first-order chi connectivity index (χ1) is 13.5. The summed E-state index contributed by atoms with van der Waals surface area (Å²) < 4.78 is 5.29. The molecule has 1 N–H and O–H groups in total. The van der Waals surface area contributed by atoms with E-state index in [1.165, 1.54) is 0 Å². The van der Waals surface area contributed by atoms with Gasteiger partial charge in [-0.15, -0.1) is 0 Å². The lowest BCUT2D eigenvalue weighted by Crippen LogP contribution is -2.46. The molecule has 28 heavy (non-hydrogen) atoms. The fourth-order valence-corrected chi connectivity index (χ4v) is 5.11. The van der Waals surface area contributed by atoms with Gasteiger partial charge in [-0.3, -0.25) is 9.59 Å². The molecule has 2 saturated heterocycles. The molecule has 2 heterocycles. The largest absolute Gasteiger partial charge is 0.496 e. The first-order valence-electron chi connectivity index (χ1n) is 9.71. The zero-order valence-electron chi connectivity index (χ0n) is 16.2. The van der Waals surface area contributed by atoms with E-state index in [4.69, 9.17) is 4.74 Å². The minimum Gasteiger partial charge on any atom is -0.496 e. The van der Waals surface area contributed by atoms with Crippen molar-refractivity contribution in [2.24, 2.45) is 5.41 Å². The monoisotopic (exact) mass is 379 g/mol. The number of carboxylic acids is 1. The smallest absolute Gasteiger partial charge is 0.312 e. The molecule has 0 aromatic heterocycles. The number of aliphatic carboxylic acids is 1. The van der Waals surface area contributed by atoms with E-state index >= 15 is 0 Å². The number of carbonyl (C=O) groups excluding carboxylic acids is 1. The number of ether oxygens (including phenoxy) is 1. The van der Waals surface area contributed by atoms with Crippen molar-refractivity contribution in [3.8, 4) is 5.75 Å². The van der Waals surface area contributed by atoms with Gasteiger partial charge in [0, 0.05) is 17.6 Å². The van der Waals surface area contributed by atoms with Gasteiger partial charge in [0.1, 0.15) is 5.75 Å². The van der Waals surface area contributed by atoms with E-state index < -0.39 is 11.4 Å². The van der Waals surface area contributed by atoms with E-state index in [2.05, 4.69) is 0 Å². The lowest BCUT2D eigenvalue weighted by molar-refractivity contribution is -0.150. The summed E-state index contributed by atoms with van der Waals surface area (Å²) in [7, 11) is 1.61. The molecule has 0 spiro atoms. The summed E-state index contributed by atoms with van der Waals surface area (Å²) in [5, 5.41) is 10.2. The van der Waals surface area contributed by atoms with Gasteiger partial charge in [0.2, 0.25) is 0 Å². The highest BCUT2D eigenvalue weighted by molar-refractivity contribution is 5.96. The Balaban J connectivity index is 1.66. The van der Waals surface area contributed by atoms with Gasteiger partial charge >= 0.3 is 5.97 Å². The standard InChI is InChI=1S/C23H25NO4/c1-15-12-17(8-10-19(15)28-2)21(25)24-18-9-11-20(24)23(14-18,22(26)27)13-16-6-4-3-5-7-16/h3-8,10,12,18,20H,9,11,13-14H2,1-2H3,(H,26,27)/t18-,20+,23+/m0/s1. The third kappa shape index (κ3) is 2.86. The Hall–Kier alpha value is -2.82.